The van der Waals surface area contributed by atoms with Gasteiger partial charge in [-0.1, -0.05) is 0 Å². The van der Waals surface area contributed by atoms with E-state index in [2.05, 4.69) is 5.32 Å². The van der Waals surface area contributed by atoms with Crippen LogP contribution in [0.1, 0.15) is 20.3 Å². The molecule has 0 saturated carbocycles. The number of aliphatic hydroxyl groups is 1. The number of halogens is 2. The van der Waals surface area contributed by atoms with Gasteiger partial charge in [-0.25, -0.2) is 8.78 Å². The Hall–Kier alpha value is -1.69. The molecular formula is C14H18F2N2O2. The van der Waals surface area contributed by atoms with E-state index < -0.39 is 23.1 Å². The van der Waals surface area contributed by atoms with Crippen molar-refractivity contribution >= 4 is 11.6 Å². The molecule has 110 valence electrons. The molecule has 2 N–H and O–H groups in total. The SMILES string of the molecule is CC(C)(O)C(=O)N[C@@H]1CCN(c2ccc(F)cc2F)C1. The Morgan fingerprint density at radius 1 is 1.45 bits per heavy atom. The fraction of sp³-hybridized carbons (Fsp3) is 0.500. The number of nitrogens with one attached hydrogen (secondary N) is 1. The lowest BCUT2D eigenvalue weighted by molar-refractivity contribution is -0.137. The second kappa shape index (κ2) is 5.36. The van der Waals surface area contributed by atoms with Crippen molar-refractivity contribution in [2.45, 2.75) is 31.9 Å². The zero-order valence-electron chi connectivity index (χ0n) is 11.5. The molecule has 1 amide bonds. The summed E-state index contributed by atoms with van der Waals surface area (Å²) in [5.41, 5.74) is -1.11. The van der Waals surface area contributed by atoms with Gasteiger partial charge in [-0.15, -0.1) is 0 Å². The van der Waals surface area contributed by atoms with Crippen molar-refractivity contribution in [3.05, 3.63) is 29.8 Å². The van der Waals surface area contributed by atoms with Crippen molar-refractivity contribution in [3.63, 3.8) is 0 Å². The van der Waals surface area contributed by atoms with Gasteiger partial charge in [-0.3, -0.25) is 4.79 Å². The topological polar surface area (TPSA) is 52.6 Å². The summed E-state index contributed by atoms with van der Waals surface area (Å²) in [4.78, 5) is 13.4. The van der Waals surface area contributed by atoms with Crippen molar-refractivity contribution in [2.75, 3.05) is 18.0 Å². The number of carbonyl (C=O) groups excluding carboxylic acids is 1. The number of hydrogen-bond donors (Lipinski definition) is 2. The summed E-state index contributed by atoms with van der Waals surface area (Å²) < 4.78 is 26.5. The number of rotatable bonds is 3. The van der Waals surface area contributed by atoms with E-state index in [4.69, 9.17) is 0 Å². The van der Waals surface area contributed by atoms with Crippen LogP contribution in [-0.4, -0.2) is 35.7 Å². The number of benzene rings is 1. The van der Waals surface area contributed by atoms with Crippen LogP contribution in [0.15, 0.2) is 18.2 Å². The first kappa shape index (κ1) is 14.7. The van der Waals surface area contributed by atoms with Gasteiger partial charge in [0.2, 0.25) is 0 Å². The summed E-state index contributed by atoms with van der Waals surface area (Å²) in [5.74, 6) is -1.68. The van der Waals surface area contributed by atoms with Gasteiger partial charge in [-0.2, -0.15) is 0 Å². The van der Waals surface area contributed by atoms with E-state index in [1.165, 1.54) is 26.0 Å². The van der Waals surface area contributed by atoms with E-state index in [0.717, 1.165) is 6.07 Å². The molecule has 0 aromatic heterocycles. The van der Waals surface area contributed by atoms with Crippen LogP contribution in [0.4, 0.5) is 14.5 Å². The highest BCUT2D eigenvalue weighted by Crippen LogP contribution is 2.24. The maximum atomic E-state index is 13.7. The first-order chi connectivity index (χ1) is 9.27. The Balaban J connectivity index is 2.00. The summed E-state index contributed by atoms with van der Waals surface area (Å²) in [5, 5.41) is 12.3. The highest BCUT2D eigenvalue weighted by molar-refractivity contribution is 5.84. The molecule has 0 bridgehead atoms. The molecule has 0 aliphatic carbocycles. The minimum atomic E-state index is -1.44. The summed E-state index contributed by atoms with van der Waals surface area (Å²) in [6, 6.07) is 3.29. The van der Waals surface area contributed by atoms with Crippen LogP contribution in [0.5, 0.6) is 0 Å². The minimum absolute atomic E-state index is 0.154. The zero-order chi connectivity index (χ0) is 14.9. The second-order valence-electron chi connectivity index (χ2n) is 5.56. The predicted molar refractivity (Wildman–Crippen MR) is 71.4 cm³/mol. The Morgan fingerprint density at radius 3 is 2.75 bits per heavy atom. The lowest BCUT2D eigenvalue weighted by atomic mass is 10.1. The Labute approximate surface area is 116 Å². The molecule has 2 rings (SSSR count). The third-order valence-corrected chi connectivity index (χ3v) is 3.33. The molecule has 0 radical (unpaired) electrons. The van der Waals surface area contributed by atoms with Crippen molar-refractivity contribution in [3.8, 4) is 0 Å². The van der Waals surface area contributed by atoms with Gasteiger partial charge < -0.3 is 15.3 Å². The Morgan fingerprint density at radius 2 is 2.15 bits per heavy atom. The fourth-order valence-corrected chi connectivity index (χ4v) is 2.20. The number of anilines is 1. The van der Waals surface area contributed by atoms with E-state index >= 15 is 0 Å². The predicted octanol–water partition coefficient (Wildman–Crippen LogP) is 1.43. The van der Waals surface area contributed by atoms with E-state index in [0.29, 0.717) is 25.2 Å². The van der Waals surface area contributed by atoms with Crippen LogP contribution in [0.3, 0.4) is 0 Å². The largest absolute Gasteiger partial charge is 0.381 e. The summed E-state index contributed by atoms with van der Waals surface area (Å²) in [7, 11) is 0. The third-order valence-electron chi connectivity index (χ3n) is 3.33. The van der Waals surface area contributed by atoms with Crippen LogP contribution >= 0.6 is 0 Å². The smallest absolute Gasteiger partial charge is 0.251 e. The first-order valence-electron chi connectivity index (χ1n) is 6.50. The number of hydrogen-bond acceptors (Lipinski definition) is 3. The molecule has 1 saturated heterocycles. The highest BCUT2D eigenvalue weighted by atomic mass is 19.1. The number of amides is 1. The first-order valence-corrected chi connectivity index (χ1v) is 6.50. The zero-order valence-corrected chi connectivity index (χ0v) is 11.5. The number of nitrogens with zero attached hydrogens (tertiary/aromatic N) is 1. The lowest BCUT2D eigenvalue weighted by Gasteiger charge is -2.22. The van der Waals surface area contributed by atoms with Crippen LogP contribution < -0.4 is 10.2 Å². The van der Waals surface area contributed by atoms with Gasteiger partial charge in [0.15, 0.2) is 0 Å². The summed E-state index contributed by atoms with van der Waals surface area (Å²) in [6.45, 7) is 3.83. The molecule has 20 heavy (non-hydrogen) atoms. The van der Waals surface area contributed by atoms with Crippen LogP contribution in [0.25, 0.3) is 0 Å². The van der Waals surface area contributed by atoms with E-state index in [1.807, 2.05) is 0 Å². The Kier molecular flexibility index (Phi) is 3.94. The summed E-state index contributed by atoms with van der Waals surface area (Å²) >= 11 is 0. The second-order valence-corrected chi connectivity index (χ2v) is 5.56. The van der Waals surface area contributed by atoms with Crippen LogP contribution in [-0.2, 0) is 4.79 Å². The van der Waals surface area contributed by atoms with Crippen molar-refractivity contribution < 1.29 is 18.7 Å². The fourth-order valence-electron chi connectivity index (χ4n) is 2.20. The van der Waals surface area contributed by atoms with Gasteiger partial charge in [0.25, 0.3) is 5.91 Å². The van der Waals surface area contributed by atoms with E-state index in [9.17, 15) is 18.7 Å². The van der Waals surface area contributed by atoms with E-state index in [-0.39, 0.29) is 6.04 Å². The molecule has 1 fully saturated rings. The van der Waals surface area contributed by atoms with Gasteiger partial charge in [0.1, 0.15) is 17.2 Å². The molecule has 4 nitrogen and oxygen atoms in total. The molecule has 1 aromatic carbocycles. The average molecular weight is 284 g/mol. The maximum Gasteiger partial charge on any atom is 0.251 e. The standard InChI is InChI=1S/C14H18F2N2O2/c1-14(2,20)13(19)17-10-5-6-18(8-10)12-4-3-9(15)7-11(12)16/h3-4,7,10,20H,5-6,8H2,1-2H3,(H,17,19)/t10-/m1/s1. The van der Waals surface area contributed by atoms with Gasteiger partial charge in [-0.05, 0) is 32.4 Å². The molecule has 1 aliphatic heterocycles. The normalized spacial score (nSPS) is 19.2. The van der Waals surface area contributed by atoms with Gasteiger partial charge in [0, 0.05) is 25.2 Å². The van der Waals surface area contributed by atoms with Crippen molar-refractivity contribution in [2.24, 2.45) is 0 Å². The molecule has 1 aliphatic rings. The molecule has 0 unspecified atom stereocenters. The molecule has 0 spiro atoms. The highest BCUT2D eigenvalue weighted by Gasteiger charge is 2.30. The number of carbonyl (C=O) groups is 1. The molecule has 1 heterocycles. The monoisotopic (exact) mass is 284 g/mol. The molecule has 6 heteroatoms. The maximum absolute atomic E-state index is 13.7. The Bertz CT molecular complexity index is 514. The van der Waals surface area contributed by atoms with Gasteiger partial charge in [0.05, 0.1) is 5.69 Å². The van der Waals surface area contributed by atoms with Crippen LogP contribution in [0.2, 0.25) is 0 Å². The quantitative estimate of drug-likeness (QED) is 0.883. The molecule has 1 atom stereocenters. The molecular weight excluding hydrogens is 266 g/mol. The average Bonchev–Trinajstić information content (AvgIpc) is 2.76. The molecule has 1 aromatic rings. The van der Waals surface area contributed by atoms with Crippen molar-refractivity contribution in [1.29, 1.82) is 0 Å². The van der Waals surface area contributed by atoms with Gasteiger partial charge >= 0.3 is 0 Å². The van der Waals surface area contributed by atoms with Crippen molar-refractivity contribution in [1.82, 2.24) is 5.32 Å². The lowest BCUT2D eigenvalue weighted by Crippen LogP contribution is -2.47. The van der Waals surface area contributed by atoms with Crippen LogP contribution in [0, 0.1) is 11.6 Å². The third kappa shape index (κ3) is 3.25. The van der Waals surface area contributed by atoms with E-state index in [1.54, 1.807) is 4.90 Å². The summed E-state index contributed by atoms with van der Waals surface area (Å²) in [6.07, 6.45) is 0.651. The minimum Gasteiger partial charge on any atom is -0.381 e.